The van der Waals surface area contributed by atoms with E-state index in [1.54, 1.807) is 12.1 Å². The first-order valence-electron chi connectivity index (χ1n) is 6.69. The minimum Gasteiger partial charge on any atom is -0.335 e. The summed E-state index contributed by atoms with van der Waals surface area (Å²) in [6.45, 7) is 1.51. The standard InChI is InChI=1S/C14H13ClN6OS/c1-8(22)7-23-14-20-19-13(21(14)16)12-6-11(17-18-12)9-2-4-10(15)5-3-9/h2-6H,7,16H2,1H3,(H,17,18). The zero-order chi connectivity index (χ0) is 16.4. The molecule has 0 aliphatic carbocycles. The summed E-state index contributed by atoms with van der Waals surface area (Å²) in [6.07, 6.45) is 0. The molecule has 2 aromatic heterocycles. The van der Waals surface area contributed by atoms with Gasteiger partial charge in [-0.25, -0.2) is 4.68 Å². The van der Waals surface area contributed by atoms with Crippen LogP contribution in [0.3, 0.4) is 0 Å². The molecule has 3 N–H and O–H groups in total. The van der Waals surface area contributed by atoms with Crippen molar-refractivity contribution < 1.29 is 4.79 Å². The Morgan fingerprint density at radius 2 is 2.09 bits per heavy atom. The number of aromatic nitrogens is 5. The van der Waals surface area contributed by atoms with Crippen molar-refractivity contribution in [3.8, 4) is 22.8 Å². The van der Waals surface area contributed by atoms with E-state index in [1.807, 2.05) is 18.2 Å². The van der Waals surface area contributed by atoms with Gasteiger partial charge in [0, 0.05) is 10.6 Å². The van der Waals surface area contributed by atoms with Gasteiger partial charge in [0.1, 0.15) is 11.5 Å². The van der Waals surface area contributed by atoms with Crippen LogP contribution in [-0.2, 0) is 4.79 Å². The number of nitrogens with zero attached hydrogens (tertiary/aromatic N) is 4. The fourth-order valence-electron chi connectivity index (χ4n) is 1.93. The number of rotatable bonds is 5. The van der Waals surface area contributed by atoms with Crippen LogP contribution in [0, 0.1) is 0 Å². The Balaban J connectivity index is 1.86. The largest absolute Gasteiger partial charge is 0.335 e. The third-order valence-electron chi connectivity index (χ3n) is 3.03. The summed E-state index contributed by atoms with van der Waals surface area (Å²) in [7, 11) is 0. The van der Waals surface area contributed by atoms with Gasteiger partial charge < -0.3 is 5.84 Å². The van der Waals surface area contributed by atoms with Gasteiger partial charge in [-0.15, -0.1) is 10.2 Å². The summed E-state index contributed by atoms with van der Waals surface area (Å²) in [5, 5.41) is 16.3. The molecule has 0 fully saturated rings. The Hall–Kier alpha value is -2.32. The number of halogens is 1. The molecule has 1 aromatic carbocycles. The van der Waals surface area contributed by atoms with E-state index in [0.717, 1.165) is 11.3 Å². The number of nitrogens with two attached hydrogens (primary N) is 1. The Morgan fingerprint density at radius 1 is 1.35 bits per heavy atom. The first-order chi connectivity index (χ1) is 11.0. The number of H-pyrrole nitrogens is 1. The molecule has 0 atom stereocenters. The summed E-state index contributed by atoms with van der Waals surface area (Å²) >= 11 is 7.12. The Kier molecular flexibility index (Phi) is 4.35. The Labute approximate surface area is 141 Å². The number of carbonyl (C=O) groups is 1. The topological polar surface area (TPSA) is 102 Å². The van der Waals surface area contributed by atoms with Crippen LogP contribution in [0.5, 0.6) is 0 Å². The molecule has 0 saturated heterocycles. The van der Waals surface area contributed by atoms with Gasteiger partial charge in [0.05, 0.1) is 11.4 Å². The van der Waals surface area contributed by atoms with Crippen molar-refractivity contribution in [1.82, 2.24) is 25.1 Å². The van der Waals surface area contributed by atoms with Crippen LogP contribution >= 0.6 is 23.4 Å². The van der Waals surface area contributed by atoms with Crippen molar-refractivity contribution >= 4 is 29.1 Å². The summed E-state index contributed by atoms with van der Waals surface area (Å²) < 4.78 is 1.34. The predicted octanol–water partition coefficient (Wildman–Crippen LogP) is 2.38. The van der Waals surface area contributed by atoms with Gasteiger partial charge in [0.25, 0.3) is 0 Å². The van der Waals surface area contributed by atoms with Crippen molar-refractivity contribution in [2.45, 2.75) is 12.1 Å². The highest BCUT2D eigenvalue weighted by molar-refractivity contribution is 7.99. The molecule has 0 aliphatic heterocycles. The molecule has 7 nitrogen and oxygen atoms in total. The van der Waals surface area contributed by atoms with Gasteiger partial charge in [0.2, 0.25) is 11.0 Å². The number of nitrogens with one attached hydrogen (secondary N) is 1. The van der Waals surface area contributed by atoms with Crippen molar-refractivity contribution in [2.75, 3.05) is 11.6 Å². The van der Waals surface area contributed by atoms with E-state index in [2.05, 4.69) is 20.4 Å². The summed E-state index contributed by atoms with van der Waals surface area (Å²) in [6, 6.07) is 9.18. The number of nitrogen functional groups attached to an aromatic ring is 1. The lowest BCUT2D eigenvalue weighted by Gasteiger charge is -2.00. The van der Waals surface area contributed by atoms with Crippen molar-refractivity contribution in [2.24, 2.45) is 0 Å². The number of hydrogen-bond donors (Lipinski definition) is 2. The second-order valence-electron chi connectivity index (χ2n) is 4.84. The number of ketones is 1. The van der Waals surface area contributed by atoms with E-state index < -0.39 is 0 Å². The van der Waals surface area contributed by atoms with Gasteiger partial charge in [0.15, 0.2) is 0 Å². The third kappa shape index (κ3) is 3.38. The third-order valence-corrected chi connectivity index (χ3v) is 4.37. The fraction of sp³-hybridized carbons (Fsp3) is 0.143. The first kappa shape index (κ1) is 15.6. The zero-order valence-corrected chi connectivity index (χ0v) is 13.7. The van der Waals surface area contributed by atoms with Crippen LogP contribution in [0.15, 0.2) is 35.5 Å². The molecule has 118 valence electrons. The quantitative estimate of drug-likeness (QED) is 0.542. The second-order valence-corrected chi connectivity index (χ2v) is 6.22. The van der Waals surface area contributed by atoms with E-state index in [-0.39, 0.29) is 5.78 Å². The predicted molar refractivity (Wildman–Crippen MR) is 89.6 cm³/mol. The Bertz CT molecular complexity index is 841. The molecule has 0 unspecified atom stereocenters. The molecule has 0 amide bonds. The number of aromatic amines is 1. The first-order valence-corrected chi connectivity index (χ1v) is 8.05. The molecule has 0 radical (unpaired) electrons. The molecular formula is C14H13ClN6OS. The van der Waals surface area contributed by atoms with Gasteiger partial charge in [-0.1, -0.05) is 35.5 Å². The number of benzene rings is 1. The number of carbonyl (C=O) groups excluding carboxylic acids is 1. The van der Waals surface area contributed by atoms with Crippen LogP contribution in [0.25, 0.3) is 22.8 Å². The SMILES string of the molecule is CC(=O)CSc1nnc(-c2cc(-c3ccc(Cl)cc3)n[nH]2)n1N. The van der Waals surface area contributed by atoms with Crippen LogP contribution < -0.4 is 5.84 Å². The lowest BCUT2D eigenvalue weighted by molar-refractivity contribution is -0.114. The molecule has 9 heteroatoms. The van der Waals surface area contributed by atoms with Crippen LogP contribution in [0.2, 0.25) is 5.02 Å². The van der Waals surface area contributed by atoms with Crippen LogP contribution in [0.4, 0.5) is 0 Å². The fourth-order valence-corrected chi connectivity index (χ4v) is 2.71. The highest BCUT2D eigenvalue weighted by Crippen LogP contribution is 2.25. The second kappa shape index (κ2) is 6.43. The molecule has 3 aromatic rings. The van der Waals surface area contributed by atoms with E-state index >= 15 is 0 Å². The smallest absolute Gasteiger partial charge is 0.210 e. The molecule has 0 aliphatic rings. The lowest BCUT2D eigenvalue weighted by atomic mass is 10.1. The lowest BCUT2D eigenvalue weighted by Crippen LogP contribution is -2.12. The van der Waals surface area contributed by atoms with Crippen molar-refractivity contribution in [1.29, 1.82) is 0 Å². The molecule has 0 spiro atoms. The van der Waals surface area contributed by atoms with Crippen LogP contribution in [-0.4, -0.2) is 36.6 Å². The van der Waals surface area contributed by atoms with Crippen molar-refractivity contribution in [3.05, 3.63) is 35.4 Å². The minimum absolute atomic E-state index is 0.0473. The van der Waals surface area contributed by atoms with Gasteiger partial charge in [-0.2, -0.15) is 5.10 Å². The molecule has 0 bridgehead atoms. The molecule has 0 saturated carbocycles. The van der Waals surface area contributed by atoms with E-state index in [1.165, 1.54) is 23.4 Å². The molecule has 2 heterocycles. The highest BCUT2D eigenvalue weighted by atomic mass is 35.5. The van der Waals surface area contributed by atoms with E-state index in [9.17, 15) is 4.79 Å². The normalized spacial score (nSPS) is 10.9. The zero-order valence-electron chi connectivity index (χ0n) is 12.2. The monoisotopic (exact) mass is 348 g/mol. The number of thioether (sulfide) groups is 1. The number of Topliss-reactive ketones (excluding diaryl/α,β-unsaturated/α-hetero) is 1. The van der Waals surface area contributed by atoms with E-state index in [0.29, 0.717) is 27.5 Å². The van der Waals surface area contributed by atoms with Crippen molar-refractivity contribution in [3.63, 3.8) is 0 Å². The average molecular weight is 349 g/mol. The minimum atomic E-state index is 0.0473. The Morgan fingerprint density at radius 3 is 2.78 bits per heavy atom. The summed E-state index contributed by atoms with van der Waals surface area (Å²) in [4.78, 5) is 11.0. The maximum atomic E-state index is 11.0. The van der Waals surface area contributed by atoms with Gasteiger partial charge >= 0.3 is 0 Å². The summed E-state index contributed by atoms with van der Waals surface area (Å²) in [5.41, 5.74) is 2.31. The highest BCUT2D eigenvalue weighted by Gasteiger charge is 2.15. The molecule has 3 rings (SSSR count). The van der Waals surface area contributed by atoms with Crippen LogP contribution in [0.1, 0.15) is 6.92 Å². The number of hydrogen-bond acceptors (Lipinski definition) is 6. The maximum Gasteiger partial charge on any atom is 0.210 e. The van der Waals surface area contributed by atoms with Gasteiger partial charge in [-0.3, -0.25) is 9.89 Å². The average Bonchev–Trinajstić information content (AvgIpc) is 3.13. The van der Waals surface area contributed by atoms with E-state index in [4.69, 9.17) is 17.4 Å². The summed E-state index contributed by atoms with van der Waals surface area (Å²) in [5.74, 6) is 6.78. The van der Waals surface area contributed by atoms with Gasteiger partial charge in [-0.05, 0) is 25.1 Å². The molecular weight excluding hydrogens is 336 g/mol. The maximum absolute atomic E-state index is 11.0. The molecule has 23 heavy (non-hydrogen) atoms.